The smallest absolute Gasteiger partial charge is 0.326 e. The second-order valence-corrected chi connectivity index (χ2v) is 5.58. The van der Waals surface area contributed by atoms with Gasteiger partial charge in [0.1, 0.15) is 0 Å². The number of nitrogens with one attached hydrogen (secondary N) is 1. The lowest BCUT2D eigenvalue weighted by atomic mass is 9.90. The highest BCUT2D eigenvalue weighted by atomic mass is 35.5. The molecule has 23 heavy (non-hydrogen) atoms. The first-order valence-electron chi connectivity index (χ1n) is 6.23. The van der Waals surface area contributed by atoms with E-state index in [-0.39, 0.29) is 10.1 Å². The van der Waals surface area contributed by atoms with Crippen LogP contribution in [0.2, 0.25) is 5.02 Å². The van der Waals surface area contributed by atoms with E-state index >= 15 is 0 Å². The molecule has 1 atom stereocenters. The number of hydrogen-bond donors (Lipinski definition) is 1. The normalized spacial score (nSPS) is 18.5. The van der Waals surface area contributed by atoms with E-state index < -0.39 is 52.4 Å². The quantitative estimate of drug-likeness (QED) is 0.643. The fourth-order valence-corrected chi connectivity index (χ4v) is 2.83. The van der Waals surface area contributed by atoms with Gasteiger partial charge in [-0.15, -0.1) is 0 Å². The van der Waals surface area contributed by atoms with E-state index in [0.29, 0.717) is 0 Å². The molecule has 0 aromatic heterocycles. The predicted molar refractivity (Wildman–Crippen MR) is 75.8 cm³/mol. The van der Waals surface area contributed by atoms with Gasteiger partial charge in [0.15, 0.2) is 0 Å². The zero-order chi connectivity index (χ0) is 17.5. The minimum Gasteiger partial charge on any atom is -0.326 e. The van der Waals surface area contributed by atoms with Crippen molar-refractivity contribution in [3.8, 4) is 0 Å². The van der Waals surface area contributed by atoms with E-state index in [4.69, 9.17) is 23.4 Å². The number of hydrogen-bond acceptors (Lipinski definition) is 3. The Labute approximate surface area is 138 Å². The van der Waals surface area contributed by atoms with Gasteiger partial charge in [-0.1, -0.05) is 11.6 Å². The van der Waals surface area contributed by atoms with Crippen molar-refractivity contribution >= 4 is 46.8 Å². The SMILES string of the molecule is CC(=O)Nc1ccc(Cl)c(C(F)(F)F)c1C1CC(=O)N(Cl)C1=O. The molecule has 0 saturated carbocycles. The van der Waals surface area contributed by atoms with E-state index in [2.05, 4.69) is 5.32 Å². The molecule has 1 aromatic rings. The van der Waals surface area contributed by atoms with Gasteiger partial charge in [-0.05, 0) is 12.1 Å². The first-order chi connectivity index (χ1) is 10.5. The monoisotopic (exact) mass is 368 g/mol. The fourth-order valence-electron chi connectivity index (χ4n) is 2.37. The van der Waals surface area contributed by atoms with Crippen LogP contribution in [0.4, 0.5) is 18.9 Å². The van der Waals surface area contributed by atoms with Crippen LogP contribution in [0.1, 0.15) is 30.4 Å². The molecule has 10 heteroatoms. The van der Waals surface area contributed by atoms with Gasteiger partial charge in [-0.25, -0.2) is 0 Å². The Balaban J connectivity index is 2.72. The Morgan fingerprint density at radius 3 is 2.39 bits per heavy atom. The highest BCUT2D eigenvalue weighted by Crippen LogP contribution is 2.46. The Kier molecular flexibility index (Phi) is 4.59. The van der Waals surface area contributed by atoms with Gasteiger partial charge < -0.3 is 5.32 Å². The zero-order valence-corrected chi connectivity index (χ0v) is 13.0. The van der Waals surface area contributed by atoms with Crippen molar-refractivity contribution in [2.45, 2.75) is 25.4 Å². The Hall–Kier alpha value is -1.80. The third-order valence-corrected chi connectivity index (χ3v) is 3.90. The summed E-state index contributed by atoms with van der Waals surface area (Å²) in [5.41, 5.74) is -2.09. The highest BCUT2D eigenvalue weighted by Gasteiger charge is 2.46. The van der Waals surface area contributed by atoms with Crippen LogP contribution in [0.3, 0.4) is 0 Å². The third-order valence-electron chi connectivity index (χ3n) is 3.23. The average molecular weight is 369 g/mol. The van der Waals surface area contributed by atoms with E-state index in [0.717, 1.165) is 19.1 Å². The predicted octanol–water partition coefficient (Wildman–Crippen LogP) is 3.31. The van der Waals surface area contributed by atoms with Crippen molar-refractivity contribution in [1.82, 2.24) is 4.42 Å². The molecular formula is C13H9Cl2F3N2O3. The van der Waals surface area contributed by atoms with Crippen LogP contribution in [0.15, 0.2) is 12.1 Å². The summed E-state index contributed by atoms with van der Waals surface area (Å²) in [6.45, 7) is 1.10. The van der Waals surface area contributed by atoms with Crippen LogP contribution in [0, 0.1) is 0 Å². The number of alkyl halides is 3. The van der Waals surface area contributed by atoms with Gasteiger partial charge in [0, 0.05) is 36.4 Å². The van der Waals surface area contributed by atoms with Gasteiger partial charge in [-0.3, -0.25) is 14.4 Å². The number of carbonyl (C=O) groups is 3. The summed E-state index contributed by atoms with van der Waals surface area (Å²) in [6, 6.07) is 2.10. The van der Waals surface area contributed by atoms with Crippen molar-refractivity contribution in [3.05, 3.63) is 28.3 Å². The third kappa shape index (κ3) is 3.28. The lowest BCUT2D eigenvalue weighted by molar-refractivity contribution is -0.138. The van der Waals surface area contributed by atoms with Crippen LogP contribution in [0.5, 0.6) is 0 Å². The largest absolute Gasteiger partial charge is 0.418 e. The topological polar surface area (TPSA) is 66.5 Å². The second-order valence-electron chi connectivity index (χ2n) is 4.83. The summed E-state index contributed by atoms with van der Waals surface area (Å²) < 4.78 is 40.3. The summed E-state index contributed by atoms with van der Waals surface area (Å²) in [5.74, 6) is -3.95. The van der Waals surface area contributed by atoms with Crippen molar-refractivity contribution in [3.63, 3.8) is 0 Å². The number of anilines is 1. The van der Waals surface area contributed by atoms with Crippen LogP contribution in [-0.4, -0.2) is 22.1 Å². The lowest BCUT2D eigenvalue weighted by Gasteiger charge is -2.21. The maximum absolute atomic E-state index is 13.4. The van der Waals surface area contributed by atoms with Crippen molar-refractivity contribution in [2.24, 2.45) is 0 Å². The lowest BCUT2D eigenvalue weighted by Crippen LogP contribution is -2.23. The first kappa shape index (κ1) is 17.6. The van der Waals surface area contributed by atoms with E-state index in [9.17, 15) is 27.6 Å². The van der Waals surface area contributed by atoms with Gasteiger partial charge >= 0.3 is 6.18 Å². The number of benzene rings is 1. The molecule has 2 rings (SSSR count). The Bertz CT molecular complexity index is 706. The maximum Gasteiger partial charge on any atom is 0.418 e. The van der Waals surface area contributed by atoms with Crippen LogP contribution in [0.25, 0.3) is 0 Å². The van der Waals surface area contributed by atoms with Crippen LogP contribution >= 0.6 is 23.4 Å². The minimum atomic E-state index is -4.88. The number of amides is 3. The molecule has 1 saturated heterocycles. The molecule has 1 N–H and O–H groups in total. The molecule has 0 bridgehead atoms. The number of carbonyl (C=O) groups excluding carboxylic acids is 3. The number of nitrogens with zero attached hydrogens (tertiary/aromatic N) is 1. The first-order valence-corrected chi connectivity index (χ1v) is 6.95. The van der Waals surface area contributed by atoms with Gasteiger partial charge in [-0.2, -0.15) is 17.6 Å². The molecule has 1 fully saturated rings. The summed E-state index contributed by atoms with van der Waals surface area (Å²) in [6.07, 6.45) is -5.43. The molecule has 1 aliphatic heterocycles. The molecule has 0 radical (unpaired) electrons. The minimum absolute atomic E-state index is 0.239. The highest BCUT2D eigenvalue weighted by molar-refractivity contribution is 6.34. The zero-order valence-electron chi connectivity index (χ0n) is 11.5. The molecule has 3 amide bonds. The van der Waals surface area contributed by atoms with Crippen LogP contribution in [-0.2, 0) is 20.6 Å². The van der Waals surface area contributed by atoms with Crippen LogP contribution < -0.4 is 5.32 Å². The van der Waals surface area contributed by atoms with Gasteiger partial charge in [0.05, 0.1) is 16.5 Å². The van der Waals surface area contributed by atoms with Gasteiger partial charge in [0.25, 0.3) is 5.91 Å². The fraction of sp³-hybridized carbons (Fsp3) is 0.308. The summed E-state index contributed by atoms with van der Waals surface area (Å²) in [7, 11) is 0. The molecule has 1 aromatic carbocycles. The van der Waals surface area contributed by atoms with E-state index in [1.807, 2.05) is 0 Å². The Morgan fingerprint density at radius 2 is 1.96 bits per heavy atom. The molecular weight excluding hydrogens is 360 g/mol. The average Bonchev–Trinajstić information content (AvgIpc) is 2.66. The summed E-state index contributed by atoms with van der Waals surface area (Å²) in [5, 5.41) is 1.57. The summed E-state index contributed by atoms with van der Waals surface area (Å²) in [4.78, 5) is 34.7. The second kappa shape index (κ2) is 6.01. The molecule has 1 aliphatic rings. The van der Waals surface area contributed by atoms with E-state index in [1.54, 1.807) is 0 Å². The Morgan fingerprint density at radius 1 is 1.35 bits per heavy atom. The molecule has 1 heterocycles. The maximum atomic E-state index is 13.4. The number of rotatable bonds is 2. The molecule has 5 nitrogen and oxygen atoms in total. The number of imide groups is 1. The molecule has 1 unspecified atom stereocenters. The van der Waals surface area contributed by atoms with Crippen molar-refractivity contribution < 1.29 is 27.6 Å². The molecule has 124 valence electrons. The van der Waals surface area contributed by atoms with E-state index in [1.165, 1.54) is 0 Å². The standard InChI is InChI=1S/C13H9Cl2F3N2O3/c1-5(21)19-8-3-2-7(14)11(13(16,17)18)10(8)6-4-9(22)20(15)12(6)23/h2-3,6H,4H2,1H3,(H,19,21). The number of halogens is 5. The molecule has 0 spiro atoms. The van der Waals surface area contributed by atoms with Crippen molar-refractivity contribution in [2.75, 3.05) is 5.32 Å². The van der Waals surface area contributed by atoms with Crippen molar-refractivity contribution in [1.29, 1.82) is 0 Å². The molecule has 0 aliphatic carbocycles. The summed E-state index contributed by atoms with van der Waals surface area (Å²) >= 11 is 11.1. The van der Waals surface area contributed by atoms with Gasteiger partial charge in [0.2, 0.25) is 11.8 Å².